The predicted octanol–water partition coefficient (Wildman–Crippen LogP) is 4.09. The fourth-order valence-electron chi connectivity index (χ4n) is 4.34. The first-order chi connectivity index (χ1) is 19.9. The summed E-state index contributed by atoms with van der Waals surface area (Å²) in [4.78, 5) is 30.8. The lowest BCUT2D eigenvalue weighted by Crippen LogP contribution is -2.13. The van der Waals surface area contributed by atoms with Crippen LogP contribution in [0, 0.1) is 0 Å². The van der Waals surface area contributed by atoms with Crippen molar-refractivity contribution in [1.82, 2.24) is 9.97 Å². The van der Waals surface area contributed by atoms with Gasteiger partial charge in [0.25, 0.3) is 0 Å². The maximum absolute atomic E-state index is 12.4. The summed E-state index contributed by atoms with van der Waals surface area (Å²) in [6.07, 6.45) is 3.58. The molecule has 0 saturated carbocycles. The van der Waals surface area contributed by atoms with Crippen LogP contribution in [0.5, 0.6) is 0 Å². The van der Waals surface area contributed by atoms with E-state index in [0.29, 0.717) is 11.1 Å². The van der Waals surface area contributed by atoms with Crippen LogP contribution in [0.25, 0.3) is 21.8 Å². The molecule has 0 atom stereocenters. The van der Waals surface area contributed by atoms with Crippen molar-refractivity contribution in [1.29, 1.82) is 0 Å². The first-order valence-electron chi connectivity index (χ1n) is 12.4. The fourth-order valence-corrected chi connectivity index (χ4v) is 5.46. The Morgan fingerprint density at radius 1 is 0.500 bits per heavy atom. The maximum atomic E-state index is 12.4. The van der Waals surface area contributed by atoms with E-state index in [-0.39, 0.29) is 32.5 Å². The normalized spacial score (nSPS) is 11.7. The standard InChI is InChI=1S/2C15H12N2O3S/c2*16-21(19,20)13-3-1-2-11(8-13)15(18)12-5-4-10-6-7-17-14(10)9-12/h2*1-9,17H,(H2,16,19,20). The van der Waals surface area contributed by atoms with E-state index >= 15 is 0 Å². The highest BCUT2D eigenvalue weighted by molar-refractivity contribution is 7.89. The molecule has 2 heterocycles. The number of primary sulfonamides is 2. The lowest BCUT2D eigenvalue weighted by molar-refractivity contribution is 0.103. The Kier molecular flexibility index (Phi) is 7.63. The van der Waals surface area contributed by atoms with Crippen LogP contribution < -0.4 is 10.3 Å². The number of aromatic amines is 2. The number of hydrogen-bond acceptors (Lipinski definition) is 6. The summed E-state index contributed by atoms with van der Waals surface area (Å²) in [5, 5.41) is 12.2. The molecule has 4 aromatic carbocycles. The first-order valence-corrected chi connectivity index (χ1v) is 15.5. The van der Waals surface area contributed by atoms with Gasteiger partial charge in [-0.15, -0.1) is 0 Å². The zero-order valence-corrected chi connectivity index (χ0v) is 23.4. The number of ketones is 2. The second kappa shape index (κ2) is 11.2. The van der Waals surface area contributed by atoms with Gasteiger partial charge in [0.05, 0.1) is 9.79 Å². The summed E-state index contributed by atoms with van der Waals surface area (Å²) < 4.78 is 45.4. The summed E-state index contributed by atoms with van der Waals surface area (Å²) in [6, 6.07) is 25.8. The largest absolute Gasteiger partial charge is 0.361 e. The van der Waals surface area contributed by atoms with Gasteiger partial charge in [-0.05, 0) is 59.3 Å². The highest BCUT2D eigenvalue weighted by Crippen LogP contribution is 2.20. The van der Waals surface area contributed by atoms with Gasteiger partial charge in [0.2, 0.25) is 20.0 Å². The summed E-state index contributed by atoms with van der Waals surface area (Å²) in [5.41, 5.74) is 3.24. The molecule has 0 saturated heterocycles. The number of carbonyl (C=O) groups is 2. The van der Waals surface area contributed by atoms with E-state index in [1.165, 1.54) is 36.4 Å². The van der Waals surface area contributed by atoms with E-state index < -0.39 is 20.0 Å². The van der Waals surface area contributed by atoms with Crippen LogP contribution in [0.3, 0.4) is 0 Å². The first kappa shape index (κ1) is 28.6. The van der Waals surface area contributed by atoms with E-state index in [4.69, 9.17) is 10.3 Å². The number of aromatic nitrogens is 2. The number of carbonyl (C=O) groups excluding carboxylic acids is 2. The van der Waals surface area contributed by atoms with Gasteiger partial charge in [0.1, 0.15) is 0 Å². The number of fused-ring (bicyclic) bond motifs is 2. The van der Waals surface area contributed by atoms with Crippen LogP contribution >= 0.6 is 0 Å². The number of rotatable bonds is 6. The molecule has 0 fully saturated rings. The van der Waals surface area contributed by atoms with Crippen molar-refractivity contribution in [2.24, 2.45) is 10.3 Å². The Labute approximate surface area is 241 Å². The van der Waals surface area contributed by atoms with Gasteiger partial charge >= 0.3 is 0 Å². The van der Waals surface area contributed by atoms with Crippen molar-refractivity contribution in [2.45, 2.75) is 9.79 Å². The van der Waals surface area contributed by atoms with Crippen LogP contribution in [-0.4, -0.2) is 38.4 Å². The Morgan fingerprint density at radius 3 is 1.26 bits per heavy atom. The molecule has 0 unspecified atom stereocenters. The molecule has 212 valence electrons. The van der Waals surface area contributed by atoms with Gasteiger partial charge in [-0.1, -0.05) is 48.5 Å². The minimum absolute atomic E-state index is 0.0747. The molecule has 10 nitrogen and oxygen atoms in total. The Hall–Kier alpha value is -4.88. The van der Waals surface area contributed by atoms with Crippen LogP contribution in [0.2, 0.25) is 0 Å². The third-order valence-corrected chi connectivity index (χ3v) is 8.31. The van der Waals surface area contributed by atoms with Gasteiger partial charge in [-0.2, -0.15) is 0 Å². The van der Waals surface area contributed by atoms with E-state index in [0.717, 1.165) is 21.8 Å². The molecule has 6 N–H and O–H groups in total. The number of benzene rings is 4. The molecular weight excluding hydrogens is 576 g/mol. The number of sulfonamides is 2. The summed E-state index contributed by atoms with van der Waals surface area (Å²) in [6.45, 7) is 0. The molecule has 0 aliphatic carbocycles. The van der Waals surface area contributed by atoms with Crippen molar-refractivity contribution < 1.29 is 26.4 Å². The van der Waals surface area contributed by atoms with Crippen molar-refractivity contribution in [3.8, 4) is 0 Å². The fraction of sp³-hybridized carbons (Fsp3) is 0. The molecule has 0 aliphatic rings. The molecule has 12 heteroatoms. The average Bonchev–Trinajstić information content (AvgIpc) is 3.65. The van der Waals surface area contributed by atoms with E-state index in [1.807, 2.05) is 24.3 Å². The smallest absolute Gasteiger partial charge is 0.238 e. The Bertz CT molecular complexity index is 2040. The van der Waals surface area contributed by atoms with Gasteiger partial charge in [0, 0.05) is 45.7 Å². The van der Waals surface area contributed by atoms with Crippen molar-refractivity contribution in [3.63, 3.8) is 0 Å². The SMILES string of the molecule is NS(=O)(=O)c1cccc(C(=O)c2ccc3cc[nH]c3c2)c1.NS(=O)(=O)c1cccc(C(=O)c2ccc3cc[nH]c3c2)c1. The monoisotopic (exact) mass is 600 g/mol. The van der Waals surface area contributed by atoms with E-state index in [9.17, 15) is 26.4 Å². The molecule has 0 aliphatic heterocycles. The van der Waals surface area contributed by atoms with Crippen LogP contribution in [-0.2, 0) is 20.0 Å². The summed E-state index contributed by atoms with van der Waals surface area (Å²) >= 11 is 0. The van der Waals surface area contributed by atoms with Crippen LogP contribution in [0.15, 0.2) is 119 Å². The quantitative estimate of drug-likeness (QED) is 0.208. The highest BCUT2D eigenvalue weighted by Gasteiger charge is 2.15. The predicted molar refractivity (Wildman–Crippen MR) is 159 cm³/mol. The third kappa shape index (κ3) is 6.21. The minimum Gasteiger partial charge on any atom is -0.361 e. The van der Waals surface area contributed by atoms with Crippen LogP contribution in [0.4, 0.5) is 0 Å². The minimum atomic E-state index is -3.83. The van der Waals surface area contributed by atoms with E-state index in [2.05, 4.69) is 9.97 Å². The molecular formula is C30H24N4O6S2. The molecule has 0 amide bonds. The Balaban J connectivity index is 0.000000168. The third-order valence-electron chi connectivity index (χ3n) is 6.48. The average molecular weight is 601 g/mol. The molecule has 6 aromatic rings. The van der Waals surface area contributed by atoms with Gasteiger partial charge in [-0.3, -0.25) is 9.59 Å². The topological polar surface area (TPSA) is 186 Å². The van der Waals surface area contributed by atoms with Gasteiger partial charge in [0.15, 0.2) is 11.6 Å². The number of nitrogens with one attached hydrogen (secondary N) is 2. The van der Waals surface area contributed by atoms with Gasteiger partial charge in [-0.25, -0.2) is 27.1 Å². The van der Waals surface area contributed by atoms with Crippen molar-refractivity contribution in [2.75, 3.05) is 0 Å². The summed E-state index contributed by atoms with van der Waals surface area (Å²) in [7, 11) is -7.65. The molecule has 42 heavy (non-hydrogen) atoms. The number of nitrogens with two attached hydrogens (primary N) is 2. The van der Waals surface area contributed by atoms with Gasteiger partial charge < -0.3 is 9.97 Å². The lowest BCUT2D eigenvalue weighted by Gasteiger charge is -2.04. The number of hydrogen-bond donors (Lipinski definition) is 4. The van der Waals surface area contributed by atoms with Crippen molar-refractivity contribution in [3.05, 3.63) is 132 Å². The molecule has 0 bridgehead atoms. The molecule has 6 rings (SSSR count). The second-order valence-electron chi connectivity index (χ2n) is 9.36. The summed E-state index contributed by atoms with van der Waals surface area (Å²) in [5.74, 6) is -0.506. The number of H-pyrrole nitrogens is 2. The Morgan fingerprint density at radius 2 is 0.881 bits per heavy atom. The van der Waals surface area contributed by atoms with Crippen LogP contribution in [0.1, 0.15) is 31.8 Å². The maximum Gasteiger partial charge on any atom is 0.238 e. The van der Waals surface area contributed by atoms with E-state index in [1.54, 1.807) is 48.8 Å². The molecule has 0 spiro atoms. The zero-order valence-electron chi connectivity index (χ0n) is 21.8. The lowest BCUT2D eigenvalue weighted by atomic mass is 10.0. The highest BCUT2D eigenvalue weighted by atomic mass is 32.2. The molecule has 2 aromatic heterocycles. The molecule has 0 radical (unpaired) electrons. The zero-order chi connectivity index (χ0) is 30.1. The van der Waals surface area contributed by atoms with Crippen molar-refractivity contribution >= 4 is 53.4 Å². The second-order valence-corrected chi connectivity index (χ2v) is 12.5.